The molecule has 0 aliphatic heterocycles. The van der Waals surface area contributed by atoms with Crippen molar-refractivity contribution < 1.29 is 9.72 Å². The van der Waals surface area contributed by atoms with Crippen LogP contribution in [0.5, 0.6) is 0 Å². The van der Waals surface area contributed by atoms with Gasteiger partial charge in [-0.15, -0.1) is 0 Å². The third-order valence-electron chi connectivity index (χ3n) is 3.47. The predicted octanol–water partition coefficient (Wildman–Crippen LogP) is 4.32. The Labute approximate surface area is 155 Å². The minimum Gasteiger partial charge on any atom is -0.359 e. The van der Waals surface area contributed by atoms with E-state index in [9.17, 15) is 20.2 Å². The lowest BCUT2D eigenvalue weighted by Gasteiger charge is -2.10. The smallest absolute Gasteiger partial charge is 0.271 e. The van der Waals surface area contributed by atoms with Crippen molar-refractivity contribution in [3.8, 4) is 6.07 Å². The highest BCUT2D eigenvalue weighted by Gasteiger charge is 2.13. The molecule has 26 heavy (non-hydrogen) atoms. The molecule has 2 rings (SSSR count). The lowest BCUT2D eigenvalue weighted by atomic mass is 10.1. The summed E-state index contributed by atoms with van der Waals surface area (Å²) in [6.45, 7) is 3.76. The molecule has 0 saturated heterocycles. The fraction of sp³-hybridized carbons (Fsp3) is 0.111. The van der Waals surface area contributed by atoms with Crippen molar-refractivity contribution in [3.05, 3.63) is 74.4 Å². The van der Waals surface area contributed by atoms with Crippen molar-refractivity contribution in [3.63, 3.8) is 0 Å². The number of non-ortho nitro benzene ring substituents is 1. The number of nitro benzene ring substituents is 1. The minimum absolute atomic E-state index is 0.162. The van der Waals surface area contributed by atoms with E-state index >= 15 is 0 Å². The highest BCUT2D eigenvalue weighted by molar-refractivity contribution is 6.33. The molecule has 7 nitrogen and oxygen atoms in total. The van der Waals surface area contributed by atoms with E-state index in [-0.39, 0.29) is 16.9 Å². The zero-order chi connectivity index (χ0) is 19.3. The average molecular weight is 371 g/mol. The van der Waals surface area contributed by atoms with E-state index in [1.165, 1.54) is 30.5 Å². The van der Waals surface area contributed by atoms with E-state index in [1.807, 2.05) is 19.9 Å². The summed E-state index contributed by atoms with van der Waals surface area (Å²) in [6.07, 6.45) is 1.25. The molecule has 0 spiro atoms. The molecule has 2 N–H and O–H groups in total. The van der Waals surface area contributed by atoms with Crippen molar-refractivity contribution in [2.75, 3.05) is 10.6 Å². The number of rotatable bonds is 5. The molecule has 0 aliphatic carbocycles. The van der Waals surface area contributed by atoms with Gasteiger partial charge in [0, 0.05) is 24.0 Å². The van der Waals surface area contributed by atoms with Crippen molar-refractivity contribution in [1.29, 1.82) is 5.26 Å². The Morgan fingerprint density at radius 1 is 1.31 bits per heavy atom. The number of nitrogens with one attached hydrogen (secondary N) is 2. The molecule has 0 atom stereocenters. The Balaban J connectivity index is 2.19. The largest absolute Gasteiger partial charge is 0.359 e. The summed E-state index contributed by atoms with van der Waals surface area (Å²) in [5.41, 5.74) is 2.30. The first-order valence-corrected chi connectivity index (χ1v) is 7.89. The summed E-state index contributed by atoms with van der Waals surface area (Å²) in [5.74, 6) is -0.693. The maximum absolute atomic E-state index is 12.2. The van der Waals surface area contributed by atoms with Crippen LogP contribution in [0.4, 0.5) is 17.1 Å². The quantitative estimate of drug-likeness (QED) is 0.352. The number of carbonyl (C=O) groups excluding carboxylic acids is 1. The lowest BCUT2D eigenvalue weighted by molar-refractivity contribution is -0.384. The molecule has 1 amide bonds. The Kier molecular flexibility index (Phi) is 5.94. The molecule has 0 saturated carbocycles. The number of halogens is 1. The fourth-order valence-electron chi connectivity index (χ4n) is 2.29. The van der Waals surface area contributed by atoms with Gasteiger partial charge >= 0.3 is 0 Å². The summed E-state index contributed by atoms with van der Waals surface area (Å²) in [7, 11) is 0. The molecule has 2 aromatic carbocycles. The van der Waals surface area contributed by atoms with Crippen LogP contribution in [0, 0.1) is 35.3 Å². The Bertz CT molecular complexity index is 925. The van der Waals surface area contributed by atoms with Gasteiger partial charge in [-0.25, -0.2) is 0 Å². The summed E-state index contributed by atoms with van der Waals surface area (Å²) in [4.78, 5) is 22.4. The van der Waals surface area contributed by atoms with Gasteiger partial charge in [-0.3, -0.25) is 14.9 Å². The van der Waals surface area contributed by atoms with Gasteiger partial charge in [0.25, 0.3) is 11.6 Å². The molecule has 0 aromatic heterocycles. The first-order chi connectivity index (χ1) is 12.3. The van der Waals surface area contributed by atoms with Gasteiger partial charge in [0.05, 0.1) is 15.6 Å². The maximum atomic E-state index is 12.2. The number of nitro groups is 1. The zero-order valence-corrected chi connectivity index (χ0v) is 14.8. The minimum atomic E-state index is -0.693. The number of nitrogens with zero attached hydrogens (tertiary/aromatic N) is 2. The van der Waals surface area contributed by atoms with Gasteiger partial charge in [-0.1, -0.05) is 23.7 Å². The second-order valence-corrected chi connectivity index (χ2v) is 5.92. The average Bonchev–Trinajstić information content (AvgIpc) is 2.57. The van der Waals surface area contributed by atoms with Gasteiger partial charge in [0.2, 0.25) is 0 Å². The van der Waals surface area contributed by atoms with Crippen molar-refractivity contribution in [2.24, 2.45) is 0 Å². The normalized spacial score (nSPS) is 10.8. The number of hydrogen-bond acceptors (Lipinski definition) is 5. The SMILES string of the molecule is Cc1cc(C)c(N/C=C(/C#N)C(=O)Nc2cccc([N+](=O)[O-])c2)c(Cl)c1. The third-order valence-corrected chi connectivity index (χ3v) is 3.77. The number of carbonyl (C=O) groups is 1. The third kappa shape index (κ3) is 4.59. The van der Waals surface area contributed by atoms with Crippen molar-refractivity contribution >= 4 is 34.6 Å². The number of benzene rings is 2. The van der Waals surface area contributed by atoms with E-state index in [0.717, 1.165) is 11.1 Å². The van der Waals surface area contributed by atoms with E-state index in [2.05, 4.69) is 10.6 Å². The van der Waals surface area contributed by atoms with Crippen LogP contribution in [-0.4, -0.2) is 10.8 Å². The monoisotopic (exact) mass is 370 g/mol. The second kappa shape index (κ2) is 8.14. The van der Waals surface area contributed by atoms with E-state index in [4.69, 9.17) is 11.6 Å². The first kappa shape index (κ1) is 19.0. The lowest BCUT2D eigenvalue weighted by Crippen LogP contribution is -2.14. The van der Waals surface area contributed by atoms with E-state index < -0.39 is 10.8 Å². The van der Waals surface area contributed by atoms with Crippen LogP contribution in [0.2, 0.25) is 5.02 Å². The van der Waals surface area contributed by atoms with Gasteiger partial charge in [0.1, 0.15) is 11.6 Å². The molecule has 0 fully saturated rings. The van der Waals surface area contributed by atoms with E-state index in [0.29, 0.717) is 10.7 Å². The first-order valence-electron chi connectivity index (χ1n) is 7.51. The van der Waals surface area contributed by atoms with E-state index in [1.54, 1.807) is 12.1 Å². The predicted molar refractivity (Wildman–Crippen MR) is 100.0 cm³/mol. The number of amides is 1. The topological polar surface area (TPSA) is 108 Å². The Morgan fingerprint density at radius 3 is 2.65 bits per heavy atom. The number of aryl methyl sites for hydroxylation is 2. The van der Waals surface area contributed by atoms with Crippen molar-refractivity contribution in [2.45, 2.75) is 13.8 Å². The molecule has 0 aliphatic rings. The second-order valence-electron chi connectivity index (χ2n) is 5.51. The highest BCUT2D eigenvalue weighted by Crippen LogP contribution is 2.27. The summed E-state index contributed by atoms with van der Waals surface area (Å²) in [6, 6.07) is 10.9. The molecule has 0 unspecified atom stereocenters. The summed E-state index contributed by atoms with van der Waals surface area (Å²) in [5, 5.41) is 25.8. The molecule has 132 valence electrons. The molecule has 0 radical (unpaired) electrons. The molecule has 0 heterocycles. The van der Waals surface area contributed by atoms with Crippen LogP contribution in [0.15, 0.2) is 48.2 Å². The van der Waals surface area contributed by atoms with Gasteiger partial charge in [-0.05, 0) is 37.1 Å². The molecule has 8 heteroatoms. The number of anilines is 2. The maximum Gasteiger partial charge on any atom is 0.271 e. The van der Waals surface area contributed by atoms with Gasteiger partial charge in [-0.2, -0.15) is 5.26 Å². The van der Waals surface area contributed by atoms with Gasteiger partial charge in [0.15, 0.2) is 0 Å². The van der Waals surface area contributed by atoms with Gasteiger partial charge < -0.3 is 10.6 Å². The van der Waals surface area contributed by atoms with Crippen LogP contribution in [0.1, 0.15) is 11.1 Å². The fourth-order valence-corrected chi connectivity index (χ4v) is 2.66. The molecule has 0 bridgehead atoms. The molecular formula is C18H15ClN4O3. The highest BCUT2D eigenvalue weighted by atomic mass is 35.5. The van der Waals surface area contributed by atoms with Crippen molar-refractivity contribution in [1.82, 2.24) is 0 Å². The Hall–Kier alpha value is -3.37. The Morgan fingerprint density at radius 2 is 2.04 bits per heavy atom. The molecular weight excluding hydrogens is 356 g/mol. The van der Waals surface area contributed by atoms with Crippen LogP contribution >= 0.6 is 11.6 Å². The van der Waals surface area contributed by atoms with Crippen LogP contribution in [0.3, 0.4) is 0 Å². The summed E-state index contributed by atoms with van der Waals surface area (Å²) < 4.78 is 0. The summed E-state index contributed by atoms with van der Waals surface area (Å²) >= 11 is 6.18. The molecule has 2 aromatic rings. The van der Waals surface area contributed by atoms with Crippen LogP contribution in [0.25, 0.3) is 0 Å². The van der Waals surface area contributed by atoms with Crippen LogP contribution in [-0.2, 0) is 4.79 Å². The number of hydrogen-bond donors (Lipinski definition) is 2. The zero-order valence-electron chi connectivity index (χ0n) is 14.0. The van der Waals surface area contributed by atoms with Crippen LogP contribution < -0.4 is 10.6 Å². The standard InChI is InChI=1S/C18H15ClN4O3/c1-11-6-12(2)17(16(19)7-11)21-10-13(9-20)18(24)22-14-4-3-5-15(8-14)23(25)26/h3-8,10,21H,1-2H3,(H,22,24)/b13-10-. The number of nitriles is 1.